The van der Waals surface area contributed by atoms with Gasteiger partial charge in [-0.3, -0.25) is 29.6 Å². The van der Waals surface area contributed by atoms with Crippen molar-refractivity contribution in [1.29, 1.82) is 0 Å². The first-order valence-electron chi connectivity index (χ1n) is 9.95. The molecule has 0 heterocycles. The number of aliphatic hydroxyl groups is 1. The van der Waals surface area contributed by atoms with Crippen molar-refractivity contribution in [2.45, 2.75) is 0 Å². The van der Waals surface area contributed by atoms with Gasteiger partial charge in [0.15, 0.2) is 0 Å². The molecule has 11 nitrogen and oxygen atoms in total. The predicted octanol–water partition coefficient (Wildman–Crippen LogP) is -0.611. The highest BCUT2D eigenvalue weighted by atomic mass is 16.5. The Kier molecular flexibility index (Phi) is 16.4. The number of hydrogen-bond donors (Lipinski definition) is 6. The molecular formula is C21H34N6O5. The maximum atomic E-state index is 12.3. The van der Waals surface area contributed by atoms with Gasteiger partial charge in [-0.25, -0.2) is 0 Å². The van der Waals surface area contributed by atoms with Crippen molar-refractivity contribution in [2.75, 3.05) is 53.4 Å². The van der Waals surface area contributed by atoms with E-state index in [1.807, 2.05) is 7.05 Å². The Morgan fingerprint density at radius 2 is 1.66 bits per heavy atom. The lowest BCUT2D eigenvalue weighted by Gasteiger charge is -2.24. The van der Waals surface area contributed by atoms with Crippen molar-refractivity contribution in [3.8, 4) is 0 Å². The number of nitrogens with zero attached hydrogens (tertiary/aromatic N) is 2. The first-order chi connectivity index (χ1) is 15.4. The molecule has 0 rings (SSSR count). The third-order valence-corrected chi connectivity index (χ3v) is 4.07. The molecule has 0 bridgehead atoms. The van der Waals surface area contributed by atoms with Crippen LogP contribution in [0.5, 0.6) is 0 Å². The van der Waals surface area contributed by atoms with Gasteiger partial charge in [-0.1, -0.05) is 12.7 Å². The summed E-state index contributed by atoms with van der Waals surface area (Å²) in [6.07, 6.45) is 8.72. The van der Waals surface area contributed by atoms with Crippen LogP contribution < -0.4 is 21.3 Å². The van der Waals surface area contributed by atoms with E-state index in [2.05, 4.69) is 32.7 Å². The Hall–Kier alpha value is -3.41. The molecule has 32 heavy (non-hydrogen) atoms. The molecule has 0 saturated heterocycles. The molecule has 11 heteroatoms. The molecule has 6 N–H and O–H groups in total. The van der Waals surface area contributed by atoms with E-state index < -0.39 is 5.91 Å². The normalized spacial score (nSPS) is 12.2. The fraction of sp³-hybridized carbons (Fsp3) is 0.381. The Labute approximate surface area is 188 Å². The number of likely N-dealkylation sites (N-methyl/N-ethyl adjacent to an activating group) is 2. The van der Waals surface area contributed by atoms with Gasteiger partial charge in [0, 0.05) is 46.3 Å². The Morgan fingerprint density at radius 1 is 1.00 bits per heavy atom. The van der Waals surface area contributed by atoms with E-state index in [-0.39, 0.29) is 5.70 Å². The fourth-order valence-electron chi connectivity index (χ4n) is 2.44. The van der Waals surface area contributed by atoms with E-state index in [1.54, 1.807) is 0 Å². The zero-order chi connectivity index (χ0) is 24.2. The summed E-state index contributed by atoms with van der Waals surface area (Å²) in [6.45, 7) is 7.39. The van der Waals surface area contributed by atoms with Crippen molar-refractivity contribution >= 4 is 18.6 Å². The molecule has 0 aromatic rings. The second-order valence-corrected chi connectivity index (χ2v) is 6.39. The van der Waals surface area contributed by atoms with E-state index in [0.717, 1.165) is 19.4 Å². The molecule has 0 spiro atoms. The highest BCUT2D eigenvalue weighted by molar-refractivity contribution is 5.92. The molecule has 0 aromatic heterocycles. The number of carbonyl (C=O) groups excluding carboxylic acids is 3. The van der Waals surface area contributed by atoms with Gasteiger partial charge in [0.1, 0.15) is 12.0 Å². The maximum Gasteiger partial charge on any atom is 0.269 e. The topological polar surface area (TPSA) is 146 Å². The molecular weight excluding hydrogens is 416 g/mol. The summed E-state index contributed by atoms with van der Waals surface area (Å²) in [4.78, 5) is 35.5. The summed E-state index contributed by atoms with van der Waals surface area (Å²) in [5.74, 6) is -0.475. The van der Waals surface area contributed by atoms with Crippen LogP contribution in [0.25, 0.3) is 0 Å². The molecule has 0 fully saturated rings. The molecule has 0 aliphatic rings. The zero-order valence-electron chi connectivity index (χ0n) is 18.6. The van der Waals surface area contributed by atoms with Gasteiger partial charge in [-0.15, -0.1) is 0 Å². The number of amides is 2. The second-order valence-electron chi connectivity index (χ2n) is 6.39. The van der Waals surface area contributed by atoms with Gasteiger partial charge in [0.25, 0.3) is 5.91 Å². The molecule has 0 aliphatic heterocycles. The predicted molar refractivity (Wildman–Crippen MR) is 122 cm³/mol. The Bertz CT molecular complexity index is 715. The summed E-state index contributed by atoms with van der Waals surface area (Å²) in [7, 11) is 3.16. The molecule has 178 valence electrons. The summed E-state index contributed by atoms with van der Waals surface area (Å²) in [6, 6.07) is 0. The standard InChI is InChI=1S/C21H34N6O5/c1-18(19(25-17-30)7-6-16-29)23-10-13-27(12-9-22-2)14-11-24-21(31)20(26(3)32)8-4-5-15-28/h4-8,15-17,22-23,29,32H,1,9-14H2,2-3H3,(H,24,31)(H,25,30)/b5-4-,16-6-,19-7-,20-8-. The third-order valence-electron chi connectivity index (χ3n) is 4.07. The monoisotopic (exact) mass is 450 g/mol. The van der Waals surface area contributed by atoms with Crippen LogP contribution in [0.1, 0.15) is 0 Å². The maximum absolute atomic E-state index is 12.3. The molecule has 0 aliphatic carbocycles. The van der Waals surface area contributed by atoms with Gasteiger partial charge in [0.05, 0.1) is 17.7 Å². The first kappa shape index (κ1) is 28.6. The van der Waals surface area contributed by atoms with Crippen molar-refractivity contribution in [1.82, 2.24) is 31.2 Å². The number of aliphatic hydroxyl groups excluding tert-OH is 1. The Morgan fingerprint density at radius 3 is 2.22 bits per heavy atom. The number of allylic oxidation sites excluding steroid dienone is 5. The van der Waals surface area contributed by atoms with Crippen LogP contribution >= 0.6 is 0 Å². The minimum atomic E-state index is -0.475. The number of hydroxylamine groups is 2. The van der Waals surface area contributed by atoms with Gasteiger partial charge < -0.3 is 26.4 Å². The quantitative estimate of drug-likeness (QED) is 0.0529. The number of hydrogen-bond acceptors (Lipinski definition) is 9. The fourth-order valence-corrected chi connectivity index (χ4v) is 2.44. The molecule has 0 saturated carbocycles. The third kappa shape index (κ3) is 13.0. The lowest BCUT2D eigenvalue weighted by atomic mass is 10.3. The van der Waals surface area contributed by atoms with Gasteiger partial charge in [-0.05, 0) is 31.4 Å². The van der Waals surface area contributed by atoms with E-state index in [1.165, 1.54) is 37.4 Å². The highest BCUT2D eigenvalue weighted by Gasteiger charge is 2.13. The van der Waals surface area contributed by atoms with Gasteiger partial charge in [0.2, 0.25) is 6.41 Å². The number of carbonyl (C=O) groups is 3. The lowest BCUT2D eigenvalue weighted by molar-refractivity contribution is -0.124. The van der Waals surface area contributed by atoms with Crippen molar-refractivity contribution in [2.24, 2.45) is 0 Å². The lowest BCUT2D eigenvalue weighted by Crippen LogP contribution is -2.42. The van der Waals surface area contributed by atoms with Crippen LogP contribution in [0.3, 0.4) is 0 Å². The highest BCUT2D eigenvalue weighted by Crippen LogP contribution is 2.01. The zero-order valence-corrected chi connectivity index (χ0v) is 18.6. The largest absolute Gasteiger partial charge is 0.516 e. The summed E-state index contributed by atoms with van der Waals surface area (Å²) >= 11 is 0. The summed E-state index contributed by atoms with van der Waals surface area (Å²) in [5.41, 5.74) is 0.915. The molecule has 0 radical (unpaired) electrons. The number of aldehydes is 1. The minimum Gasteiger partial charge on any atom is -0.516 e. The average molecular weight is 451 g/mol. The first-order valence-corrected chi connectivity index (χ1v) is 9.95. The van der Waals surface area contributed by atoms with Gasteiger partial charge >= 0.3 is 0 Å². The summed E-state index contributed by atoms with van der Waals surface area (Å²) < 4.78 is 0. The molecule has 0 unspecified atom stereocenters. The van der Waals surface area contributed by atoms with Crippen LogP contribution in [0.2, 0.25) is 0 Å². The van der Waals surface area contributed by atoms with Crippen LogP contribution in [0.15, 0.2) is 60.3 Å². The van der Waals surface area contributed by atoms with Crippen LogP contribution in [-0.2, 0) is 14.4 Å². The number of rotatable bonds is 18. The minimum absolute atomic E-state index is 0.00163. The number of nitrogens with one attached hydrogen (secondary N) is 4. The molecule has 0 aromatic carbocycles. The van der Waals surface area contributed by atoms with Crippen molar-refractivity contribution in [3.63, 3.8) is 0 Å². The van der Waals surface area contributed by atoms with Crippen molar-refractivity contribution in [3.05, 3.63) is 60.3 Å². The van der Waals surface area contributed by atoms with E-state index in [0.29, 0.717) is 55.3 Å². The smallest absolute Gasteiger partial charge is 0.269 e. The van der Waals surface area contributed by atoms with Crippen LogP contribution in [-0.4, -0.2) is 92.2 Å². The second kappa shape index (κ2) is 18.4. The van der Waals surface area contributed by atoms with E-state index in [4.69, 9.17) is 5.11 Å². The summed E-state index contributed by atoms with van der Waals surface area (Å²) in [5, 5.41) is 30.5. The molecule has 2 amide bonds. The van der Waals surface area contributed by atoms with Crippen LogP contribution in [0, 0.1) is 0 Å². The van der Waals surface area contributed by atoms with E-state index in [9.17, 15) is 19.6 Å². The van der Waals surface area contributed by atoms with E-state index >= 15 is 0 Å². The molecule has 0 atom stereocenters. The van der Waals surface area contributed by atoms with Crippen LogP contribution in [0.4, 0.5) is 0 Å². The van der Waals surface area contributed by atoms with Crippen molar-refractivity contribution < 1.29 is 24.7 Å². The average Bonchev–Trinajstić information content (AvgIpc) is 2.76. The SMILES string of the molecule is C=C(NCCN(CCNC)CCNC(=O)/C(=C/C=C\C=O)N(C)O)/C(=C/C=C\O)NC=O. The van der Waals surface area contributed by atoms with Gasteiger partial charge in [-0.2, -0.15) is 0 Å². The Balaban J connectivity index is 4.76.